The topological polar surface area (TPSA) is 64.4 Å². The smallest absolute Gasteiger partial charge is 0.327 e. The van der Waals surface area contributed by atoms with E-state index in [-0.39, 0.29) is 5.69 Å². The molecule has 0 amide bonds. The number of anilines is 1. The summed E-state index contributed by atoms with van der Waals surface area (Å²) in [5, 5.41) is 13.9. The molecule has 0 aliphatic carbocycles. The molecule has 0 saturated carbocycles. The quantitative estimate of drug-likeness (QED) is 0.448. The predicted octanol–water partition coefficient (Wildman–Crippen LogP) is 4.27. The zero-order chi connectivity index (χ0) is 16.7. The monoisotopic (exact) mass is 318 g/mol. The second kappa shape index (κ2) is 8.24. The maximum absolute atomic E-state index is 13.6. The highest BCUT2D eigenvalue weighted by atomic mass is 19.1. The Bertz CT molecular complexity index is 677. The highest BCUT2D eigenvalue weighted by molar-refractivity contribution is 5.62. The van der Waals surface area contributed by atoms with E-state index in [9.17, 15) is 14.5 Å². The van der Waals surface area contributed by atoms with Gasteiger partial charge in [0, 0.05) is 13.2 Å². The van der Waals surface area contributed by atoms with Crippen molar-refractivity contribution in [3.8, 4) is 0 Å². The number of hydrogen-bond donors (Lipinski definition) is 1. The average molecular weight is 318 g/mol. The molecule has 2 aromatic rings. The van der Waals surface area contributed by atoms with Crippen LogP contribution in [0.4, 0.5) is 15.8 Å². The van der Waals surface area contributed by atoms with Gasteiger partial charge in [0.05, 0.1) is 11.5 Å². The van der Waals surface area contributed by atoms with Crippen LogP contribution < -0.4 is 5.32 Å². The van der Waals surface area contributed by atoms with Gasteiger partial charge < -0.3 is 10.1 Å². The summed E-state index contributed by atoms with van der Waals surface area (Å²) < 4.78 is 19.2. The average Bonchev–Trinajstić information content (AvgIpc) is 2.53. The van der Waals surface area contributed by atoms with Crippen molar-refractivity contribution in [3.05, 3.63) is 69.5 Å². The van der Waals surface area contributed by atoms with E-state index < -0.39 is 16.4 Å². The van der Waals surface area contributed by atoms with E-state index in [2.05, 4.69) is 5.32 Å². The first kappa shape index (κ1) is 16.9. The van der Waals surface area contributed by atoms with E-state index in [0.717, 1.165) is 23.6 Å². The molecule has 0 atom stereocenters. The molecule has 0 saturated heterocycles. The lowest BCUT2D eigenvalue weighted by atomic mass is 10.1. The van der Waals surface area contributed by atoms with Gasteiger partial charge in [-0.25, -0.2) is 0 Å². The minimum Gasteiger partial charge on any atom is -0.377 e. The summed E-state index contributed by atoms with van der Waals surface area (Å²) in [7, 11) is 0. The third-order valence-electron chi connectivity index (χ3n) is 3.36. The second-order valence-electron chi connectivity index (χ2n) is 5.07. The Morgan fingerprint density at radius 2 is 1.91 bits per heavy atom. The van der Waals surface area contributed by atoms with Crippen LogP contribution in [0.15, 0.2) is 42.5 Å². The summed E-state index contributed by atoms with van der Waals surface area (Å²) in [5.41, 5.74) is 1.60. The van der Waals surface area contributed by atoms with Crippen LogP contribution in [0.2, 0.25) is 0 Å². The molecule has 6 heteroatoms. The Kier molecular flexibility index (Phi) is 6.05. The van der Waals surface area contributed by atoms with E-state index in [0.29, 0.717) is 19.8 Å². The Morgan fingerprint density at radius 3 is 2.61 bits per heavy atom. The van der Waals surface area contributed by atoms with Gasteiger partial charge in [0.15, 0.2) is 0 Å². The molecule has 2 aromatic carbocycles. The number of nitrogens with zero attached hydrogens (tertiary/aromatic N) is 1. The largest absolute Gasteiger partial charge is 0.377 e. The SMILES string of the molecule is CCCOCc1ccccc1CNc1cccc(F)c1[N+](=O)[O-]. The van der Waals surface area contributed by atoms with Crippen molar-refractivity contribution in [3.63, 3.8) is 0 Å². The highest BCUT2D eigenvalue weighted by Crippen LogP contribution is 2.27. The third-order valence-corrected chi connectivity index (χ3v) is 3.36. The first-order valence-electron chi connectivity index (χ1n) is 7.44. The van der Waals surface area contributed by atoms with Crippen molar-refractivity contribution in [1.82, 2.24) is 0 Å². The normalized spacial score (nSPS) is 10.5. The van der Waals surface area contributed by atoms with Crippen LogP contribution in [-0.4, -0.2) is 11.5 Å². The van der Waals surface area contributed by atoms with E-state index in [1.807, 2.05) is 31.2 Å². The van der Waals surface area contributed by atoms with E-state index in [1.54, 1.807) is 0 Å². The fourth-order valence-electron chi connectivity index (χ4n) is 2.23. The number of rotatable bonds is 8. The second-order valence-corrected chi connectivity index (χ2v) is 5.07. The fourth-order valence-corrected chi connectivity index (χ4v) is 2.23. The molecule has 0 fully saturated rings. The minimum atomic E-state index is -0.848. The maximum Gasteiger partial charge on any atom is 0.327 e. The molecule has 23 heavy (non-hydrogen) atoms. The molecule has 0 bridgehead atoms. The summed E-state index contributed by atoms with van der Waals surface area (Å²) in [6, 6.07) is 11.7. The standard InChI is InChI=1S/C17H19FN2O3/c1-2-10-23-12-14-7-4-3-6-13(14)11-19-16-9-5-8-15(18)17(16)20(21)22/h3-9,19H,2,10-12H2,1H3. The number of nitrogens with one attached hydrogen (secondary N) is 1. The van der Waals surface area contributed by atoms with Gasteiger partial charge in [-0.05, 0) is 29.7 Å². The Morgan fingerprint density at radius 1 is 1.17 bits per heavy atom. The number of ether oxygens (including phenoxy) is 1. The Labute approximate surface area is 134 Å². The summed E-state index contributed by atoms with van der Waals surface area (Å²) in [6.45, 7) is 3.56. The predicted molar refractivity (Wildman–Crippen MR) is 86.8 cm³/mol. The van der Waals surface area contributed by atoms with Gasteiger partial charge in [0.1, 0.15) is 5.69 Å². The van der Waals surface area contributed by atoms with Crippen molar-refractivity contribution in [2.75, 3.05) is 11.9 Å². The Balaban J connectivity index is 2.13. The van der Waals surface area contributed by atoms with E-state index in [4.69, 9.17) is 4.74 Å². The van der Waals surface area contributed by atoms with Gasteiger partial charge in [0.2, 0.25) is 5.82 Å². The molecule has 0 aliphatic rings. The van der Waals surface area contributed by atoms with Gasteiger partial charge in [-0.15, -0.1) is 0 Å². The van der Waals surface area contributed by atoms with Gasteiger partial charge >= 0.3 is 5.69 Å². The number of nitro groups is 1. The summed E-state index contributed by atoms with van der Waals surface area (Å²) in [5.74, 6) is -0.848. The lowest BCUT2D eigenvalue weighted by Gasteiger charge is -2.12. The molecule has 0 radical (unpaired) electrons. The zero-order valence-electron chi connectivity index (χ0n) is 12.9. The molecule has 0 aliphatic heterocycles. The molecule has 0 heterocycles. The fraction of sp³-hybridized carbons (Fsp3) is 0.294. The van der Waals surface area contributed by atoms with Crippen molar-refractivity contribution in [1.29, 1.82) is 0 Å². The van der Waals surface area contributed by atoms with Crippen LogP contribution in [-0.2, 0) is 17.9 Å². The van der Waals surface area contributed by atoms with Crippen molar-refractivity contribution in [2.45, 2.75) is 26.5 Å². The van der Waals surface area contributed by atoms with Crippen molar-refractivity contribution >= 4 is 11.4 Å². The van der Waals surface area contributed by atoms with Crippen LogP contribution in [0.25, 0.3) is 0 Å². The van der Waals surface area contributed by atoms with Crippen LogP contribution in [0.1, 0.15) is 24.5 Å². The number of halogens is 1. The Hall–Kier alpha value is -2.47. The van der Waals surface area contributed by atoms with E-state index in [1.165, 1.54) is 12.1 Å². The summed E-state index contributed by atoms with van der Waals surface area (Å²) in [4.78, 5) is 10.3. The molecule has 5 nitrogen and oxygen atoms in total. The molecular weight excluding hydrogens is 299 g/mol. The van der Waals surface area contributed by atoms with Crippen LogP contribution >= 0.6 is 0 Å². The molecule has 0 aromatic heterocycles. The van der Waals surface area contributed by atoms with Crippen molar-refractivity contribution < 1.29 is 14.1 Å². The molecule has 2 rings (SSSR count). The van der Waals surface area contributed by atoms with Crippen molar-refractivity contribution in [2.24, 2.45) is 0 Å². The molecule has 122 valence electrons. The van der Waals surface area contributed by atoms with Gasteiger partial charge in [-0.1, -0.05) is 37.3 Å². The van der Waals surface area contributed by atoms with Gasteiger partial charge in [-0.2, -0.15) is 4.39 Å². The molecule has 0 unspecified atom stereocenters. The molecular formula is C17H19FN2O3. The number of para-hydroxylation sites is 1. The first-order chi connectivity index (χ1) is 11.1. The van der Waals surface area contributed by atoms with Crippen LogP contribution in [0, 0.1) is 15.9 Å². The highest BCUT2D eigenvalue weighted by Gasteiger charge is 2.19. The summed E-state index contributed by atoms with van der Waals surface area (Å²) >= 11 is 0. The van der Waals surface area contributed by atoms with Gasteiger partial charge in [-0.3, -0.25) is 10.1 Å². The number of hydrogen-bond acceptors (Lipinski definition) is 4. The van der Waals surface area contributed by atoms with Crippen LogP contribution in [0.5, 0.6) is 0 Å². The summed E-state index contributed by atoms with van der Waals surface area (Å²) in [6.07, 6.45) is 0.940. The number of benzene rings is 2. The molecule has 1 N–H and O–H groups in total. The first-order valence-corrected chi connectivity index (χ1v) is 7.44. The van der Waals surface area contributed by atoms with E-state index >= 15 is 0 Å². The van der Waals surface area contributed by atoms with Crippen LogP contribution in [0.3, 0.4) is 0 Å². The third kappa shape index (κ3) is 4.50. The minimum absolute atomic E-state index is 0.166. The maximum atomic E-state index is 13.6. The number of nitro benzene ring substituents is 1. The molecule has 0 spiro atoms. The zero-order valence-corrected chi connectivity index (χ0v) is 12.9. The van der Waals surface area contributed by atoms with Gasteiger partial charge in [0.25, 0.3) is 0 Å². The lowest BCUT2D eigenvalue weighted by molar-refractivity contribution is -0.386. The lowest BCUT2D eigenvalue weighted by Crippen LogP contribution is -2.07.